The van der Waals surface area contributed by atoms with Gasteiger partial charge in [0.25, 0.3) is 0 Å². The lowest BCUT2D eigenvalue weighted by Crippen LogP contribution is -2.31. The van der Waals surface area contributed by atoms with Crippen molar-refractivity contribution in [2.75, 3.05) is 13.7 Å². The number of hydrogen-bond donors (Lipinski definition) is 1. The molecule has 0 heterocycles. The fourth-order valence-electron chi connectivity index (χ4n) is 2.86. The summed E-state index contributed by atoms with van der Waals surface area (Å²) in [5, 5.41) is 3.68. The summed E-state index contributed by atoms with van der Waals surface area (Å²) in [5.41, 5.74) is 2.53. The summed E-state index contributed by atoms with van der Waals surface area (Å²) in [6, 6.07) is 6.69. The third kappa shape index (κ3) is 4.52. The van der Waals surface area contributed by atoms with Crippen molar-refractivity contribution in [3.63, 3.8) is 0 Å². The molecule has 0 aliphatic heterocycles. The van der Waals surface area contributed by atoms with E-state index in [9.17, 15) is 0 Å². The molecule has 0 saturated carbocycles. The molecule has 0 bridgehead atoms. The second-order valence-corrected chi connectivity index (χ2v) is 6.53. The van der Waals surface area contributed by atoms with E-state index in [2.05, 4.69) is 65.1 Å². The molecule has 0 aliphatic rings. The van der Waals surface area contributed by atoms with E-state index >= 15 is 0 Å². The highest BCUT2D eigenvalue weighted by Crippen LogP contribution is 2.27. The summed E-state index contributed by atoms with van der Waals surface area (Å²) >= 11 is 0. The van der Waals surface area contributed by atoms with Crippen molar-refractivity contribution in [2.45, 2.75) is 47.6 Å². The van der Waals surface area contributed by atoms with Gasteiger partial charge in [0.05, 0.1) is 7.11 Å². The first-order valence-corrected chi connectivity index (χ1v) is 7.74. The van der Waals surface area contributed by atoms with Gasteiger partial charge < -0.3 is 10.1 Å². The van der Waals surface area contributed by atoms with Gasteiger partial charge in [0.15, 0.2) is 0 Å². The van der Waals surface area contributed by atoms with Gasteiger partial charge in [0, 0.05) is 11.6 Å². The molecule has 0 amide bonds. The van der Waals surface area contributed by atoms with Crippen molar-refractivity contribution in [1.29, 1.82) is 0 Å². The number of nitrogens with one attached hydrogen (secondary N) is 1. The van der Waals surface area contributed by atoms with Crippen molar-refractivity contribution in [3.8, 4) is 5.75 Å². The van der Waals surface area contributed by atoms with Crippen LogP contribution >= 0.6 is 0 Å². The first kappa shape index (κ1) is 17.0. The van der Waals surface area contributed by atoms with Crippen molar-refractivity contribution in [2.24, 2.45) is 17.8 Å². The Balaban J connectivity index is 2.76. The summed E-state index contributed by atoms with van der Waals surface area (Å²) in [6.45, 7) is 14.6. The smallest absolute Gasteiger partial charge is 0.123 e. The Morgan fingerprint density at radius 1 is 1.05 bits per heavy atom. The van der Waals surface area contributed by atoms with Gasteiger partial charge in [-0.15, -0.1) is 0 Å². The maximum atomic E-state index is 5.48. The first-order valence-electron chi connectivity index (χ1n) is 7.74. The summed E-state index contributed by atoms with van der Waals surface area (Å²) < 4.78 is 5.48. The molecule has 0 fully saturated rings. The average molecular weight is 277 g/mol. The highest BCUT2D eigenvalue weighted by molar-refractivity contribution is 5.38. The van der Waals surface area contributed by atoms with Crippen molar-refractivity contribution in [3.05, 3.63) is 29.3 Å². The number of rotatable bonds is 7. The minimum Gasteiger partial charge on any atom is -0.496 e. The van der Waals surface area contributed by atoms with Crippen LogP contribution in [0.1, 0.15) is 51.8 Å². The van der Waals surface area contributed by atoms with Crippen molar-refractivity contribution >= 4 is 0 Å². The predicted octanol–water partition coefficient (Wildman–Crippen LogP) is 4.58. The van der Waals surface area contributed by atoms with E-state index in [0.717, 1.165) is 12.3 Å². The van der Waals surface area contributed by atoms with Crippen LogP contribution in [-0.2, 0) is 0 Å². The Hall–Kier alpha value is -1.02. The van der Waals surface area contributed by atoms with Crippen molar-refractivity contribution < 1.29 is 4.74 Å². The Morgan fingerprint density at radius 3 is 2.15 bits per heavy atom. The molecule has 0 aromatic heterocycles. The fraction of sp³-hybridized carbons (Fsp3) is 0.667. The molecule has 1 aromatic carbocycles. The monoisotopic (exact) mass is 277 g/mol. The SMILES string of the molecule is COc1ccc(C)cc1C(C)NCC(C(C)C)C(C)C. The molecule has 2 nitrogen and oxygen atoms in total. The summed E-state index contributed by atoms with van der Waals surface area (Å²) in [4.78, 5) is 0. The van der Waals surface area contributed by atoms with Gasteiger partial charge in [0.2, 0.25) is 0 Å². The third-order valence-corrected chi connectivity index (χ3v) is 4.22. The quantitative estimate of drug-likeness (QED) is 0.787. The number of methoxy groups -OCH3 is 1. The van der Waals surface area contributed by atoms with Crippen LogP contribution in [-0.4, -0.2) is 13.7 Å². The van der Waals surface area contributed by atoms with Crippen molar-refractivity contribution in [1.82, 2.24) is 5.32 Å². The third-order valence-electron chi connectivity index (χ3n) is 4.22. The molecule has 1 rings (SSSR count). The second-order valence-electron chi connectivity index (χ2n) is 6.53. The molecule has 1 atom stereocenters. The summed E-state index contributed by atoms with van der Waals surface area (Å²) in [6.07, 6.45) is 0. The topological polar surface area (TPSA) is 21.3 Å². The Kier molecular flexibility index (Phi) is 6.54. The van der Waals surface area contributed by atoms with E-state index in [1.165, 1.54) is 11.1 Å². The normalized spacial score (nSPS) is 13.3. The molecule has 1 unspecified atom stereocenters. The van der Waals surface area contributed by atoms with Crippen LogP contribution in [0.2, 0.25) is 0 Å². The largest absolute Gasteiger partial charge is 0.496 e. The van der Waals surface area contributed by atoms with Crippen LogP contribution in [0.5, 0.6) is 5.75 Å². The standard InChI is InChI=1S/C18H31NO/c1-12(2)17(13(3)4)11-19-15(6)16-10-14(5)8-9-18(16)20-7/h8-10,12-13,15,17,19H,11H2,1-7H3. The van der Waals surface area contributed by atoms with Crippen LogP contribution in [0, 0.1) is 24.7 Å². The highest BCUT2D eigenvalue weighted by Gasteiger charge is 2.19. The fourth-order valence-corrected chi connectivity index (χ4v) is 2.86. The first-order chi connectivity index (χ1) is 9.36. The van der Waals surface area contributed by atoms with Crippen LogP contribution in [0.25, 0.3) is 0 Å². The average Bonchev–Trinajstić information content (AvgIpc) is 2.37. The molecule has 1 aromatic rings. The van der Waals surface area contributed by atoms with Gasteiger partial charge in [-0.05, 0) is 44.2 Å². The van der Waals surface area contributed by atoms with Crippen LogP contribution in [0.15, 0.2) is 18.2 Å². The van der Waals surface area contributed by atoms with Crippen LogP contribution in [0.4, 0.5) is 0 Å². The summed E-state index contributed by atoms with van der Waals surface area (Å²) in [7, 11) is 1.74. The van der Waals surface area contributed by atoms with E-state index in [4.69, 9.17) is 4.74 Å². The van der Waals surface area contributed by atoms with E-state index in [1.807, 2.05) is 0 Å². The lowest BCUT2D eigenvalue weighted by atomic mass is 9.85. The molecule has 0 aliphatic carbocycles. The van der Waals surface area contributed by atoms with Gasteiger partial charge in [-0.1, -0.05) is 45.4 Å². The molecule has 1 N–H and O–H groups in total. The Labute approximate surface area is 124 Å². The molecular formula is C18H31NO. The minimum atomic E-state index is 0.310. The van der Waals surface area contributed by atoms with E-state index in [-0.39, 0.29) is 0 Å². The van der Waals surface area contributed by atoms with Gasteiger partial charge in [-0.2, -0.15) is 0 Å². The molecule has 0 spiro atoms. The molecular weight excluding hydrogens is 246 g/mol. The lowest BCUT2D eigenvalue weighted by Gasteiger charge is -2.27. The second kappa shape index (κ2) is 7.68. The number of ether oxygens (including phenoxy) is 1. The maximum Gasteiger partial charge on any atom is 0.123 e. The zero-order chi connectivity index (χ0) is 15.3. The number of hydrogen-bond acceptors (Lipinski definition) is 2. The minimum absolute atomic E-state index is 0.310. The number of benzene rings is 1. The maximum absolute atomic E-state index is 5.48. The highest BCUT2D eigenvalue weighted by atomic mass is 16.5. The predicted molar refractivity (Wildman–Crippen MR) is 87.3 cm³/mol. The molecule has 2 heteroatoms. The Bertz CT molecular complexity index is 404. The van der Waals surface area contributed by atoms with E-state index < -0.39 is 0 Å². The van der Waals surface area contributed by atoms with Gasteiger partial charge in [-0.3, -0.25) is 0 Å². The van der Waals surface area contributed by atoms with E-state index in [0.29, 0.717) is 23.8 Å². The van der Waals surface area contributed by atoms with Crippen LogP contribution < -0.4 is 10.1 Å². The summed E-state index contributed by atoms with van der Waals surface area (Å²) in [5.74, 6) is 3.08. The van der Waals surface area contributed by atoms with Gasteiger partial charge in [-0.25, -0.2) is 0 Å². The zero-order valence-corrected chi connectivity index (χ0v) is 14.2. The van der Waals surface area contributed by atoms with Gasteiger partial charge in [0.1, 0.15) is 5.75 Å². The lowest BCUT2D eigenvalue weighted by molar-refractivity contribution is 0.267. The molecule has 0 saturated heterocycles. The molecule has 0 radical (unpaired) electrons. The van der Waals surface area contributed by atoms with Crippen LogP contribution in [0.3, 0.4) is 0 Å². The van der Waals surface area contributed by atoms with Gasteiger partial charge >= 0.3 is 0 Å². The number of aryl methyl sites for hydroxylation is 1. The van der Waals surface area contributed by atoms with E-state index in [1.54, 1.807) is 7.11 Å². The molecule has 114 valence electrons. The zero-order valence-electron chi connectivity index (χ0n) is 14.2. The molecule has 20 heavy (non-hydrogen) atoms. The Morgan fingerprint density at radius 2 is 1.65 bits per heavy atom.